The Morgan fingerprint density at radius 3 is 2.67 bits per heavy atom. The number of ether oxygens (including phenoxy) is 1. The van der Waals surface area contributed by atoms with E-state index in [4.69, 9.17) is 17.0 Å². The van der Waals surface area contributed by atoms with Crippen molar-refractivity contribution in [3.63, 3.8) is 0 Å². The van der Waals surface area contributed by atoms with Crippen LogP contribution in [0, 0.1) is 0 Å². The quantitative estimate of drug-likeness (QED) is 0.351. The standard InChI is InChI=1S/C24H21N3O3S3/c1-2-30-18-10-8-17(9-11-18)13-20-22(29)27(24(31)33-20)15-21(28)26-23-25-14-19(32-23)12-16-6-4-3-5-7-16/h3-11,13-14H,2,12,15H2,1H3,(H,25,26,28)/b20-13-. The van der Waals surface area contributed by atoms with Crippen LogP contribution in [0.2, 0.25) is 0 Å². The first kappa shape index (κ1) is 23.2. The number of rotatable bonds is 8. The monoisotopic (exact) mass is 495 g/mol. The lowest BCUT2D eigenvalue weighted by atomic mass is 10.1. The predicted molar refractivity (Wildman–Crippen MR) is 137 cm³/mol. The lowest BCUT2D eigenvalue weighted by Gasteiger charge is -2.13. The maximum Gasteiger partial charge on any atom is 0.266 e. The van der Waals surface area contributed by atoms with Gasteiger partial charge in [-0.1, -0.05) is 66.4 Å². The number of anilines is 1. The van der Waals surface area contributed by atoms with Crippen molar-refractivity contribution < 1.29 is 14.3 Å². The van der Waals surface area contributed by atoms with Crippen LogP contribution in [0.25, 0.3) is 6.08 Å². The van der Waals surface area contributed by atoms with Gasteiger partial charge in [-0.3, -0.25) is 14.5 Å². The largest absolute Gasteiger partial charge is 0.494 e. The molecule has 0 bridgehead atoms. The molecule has 1 N–H and O–H groups in total. The molecule has 0 saturated carbocycles. The van der Waals surface area contributed by atoms with Gasteiger partial charge in [0.25, 0.3) is 5.91 Å². The van der Waals surface area contributed by atoms with Crippen molar-refractivity contribution in [1.82, 2.24) is 9.88 Å². The number of amides is 2. The summed E-state index contributed by atoms with van der Waals surface area (Å²) in [6.45, 7) is 2.36. The Labute approximate surface area is 205 Å². The molecule has 1 aliphatic heterocycles. The molecule has 2 heterocycles. The van der Waals surface area contributed by atoms with E-state index < -0.39 is 0 Å². The molecule has 1 saturated heterocycles. The summed E-state index contributed by atoms with van der Waals surface area (Å²) in [5.74, 6) is 0.153. The van der Waals surface area contributed by atoms with Crippen LogP contribution >= 0.6 is 35.3 Å². The summed E-state index contributed by atoms with van der Waals surface area (Å²) < 4.78 is 5.80. The number of carbonyl (C=O) groups is 2. The predicted octanol–water partition coefficient (Wildman–Crippen LogP) is 4.97. The Balaban J connectivity index is 1.35. The molecule has 0 unspecified atom stereocenters. The number of hydrogen-bond acceptors (Lipinski definition) is 7. The highest BCUT2D eigenvalue weighted by atomic mass is 32.2. The number of hydrogen-bond donors (Lipinski definition) is 1. The number of carbonyl (C=O) groups excluding carboxylic acids is 2. The number of aromatic nitrogens is 1. The molecule has 0 spiro atoms. The van der Waals surface area contributed by atoms with E-state index in [1.165, 1.54) is 33.6 Å². The molecule has 1 aliphatic rings. The van der Waals surface area contributed by atoms with Crippen molar-refractivity contribution in [3.05, 3.63) is 81.7 Å². The fourth-order valence-electron chi connectivity index (χ4n) is 3.16. The van der Waals surface area contributed by atoms with Crippen LogP contribution < -0.4 is 10.1 Å². The van der Waals surface area contributed by atoms with E-state index >= 15 is 0 Å². The number of benzene rings is 2. The first-order valence-electron chi connectivity index (χ1n) is 10.3. The molecule has 168 valence electrons. The number of thiocarbonyl (C=S) groups is 1. The molecule has 1 fully saturated rings. The lowest BCUT2D eigenvalue weighted by molar-refractivity contribution is -0.126. The van der Waals surface area contributed by atoms with E-state index in [-0.39, 0.29) is 18.4 Å². The van der Waals surface area contributed by atoms with Crippen LogP contribution in [0.1, 0.15) is 22.9 Å². The smallest absolute Gasteiger partial charge is 0.266 e. The molecular formula is C24H21N3O3S3. The minimum Gasteiger partial charge on any atom is -0.494 e. The number of thioether (sulfide) groups is 1. The highest BCUT2D eigenvalue weighted by Crippen LogP contribution is 2.32. The van der Waals surface area contributed by atoms with Crippen LogP contribution in [0.4, 0.5) is 5.13 Å². The Morgan fingerprint density at radius 2 is 1.94 bits per heavy atom. The molecule has 1 aromatic heterocycles. The SMILES string of the molecule is CCOc1ccc(/C=C2\SC(=S)N(CC(=O)Nc3ncc(Cc4ccccc4)s3)C2=O)cc1. The molecule has 6 nitrogen and oxygen atoms in total. The van der Waals surface area contributed by atoms with E-state index in [1.807, 2.05) is 61.5 Å². The third-order valence-electron chi connectivity index (χ3n) is 4.69. The minimum atomic E-state index is -0.339. The molecule has 2 amide bonds. The van der Waals surface area contributed by atoms with Crippen molar-refractivity contribution in [2.45, 2.75) is 13.3 Å². The summed E-state index contributed by atoms with van der Waals surface area (Å²) >= 11 is 7.95. The Morgan fingerprint density at radius 1 is 1.18 bits per heavy atom. The maximum atomic E-state index is 12.8. The summed E-state index contributed by atoms with van der Waals surface area (Å²) in [6.07, 6.45) is 4.27. The molecule has 4 rings (SSSR count). The van der Waals surface area contributed by atoms with Crippen molar-refractivity contribution in [3.8, 4) is 5.75 Å². The van der Waals surface area contributed by atoms with Gasteiger partial charge in [-0.25, -0.2) is 4.98 Å². The van der Waals surface area contributed by atoms with Crippen LogP contribution in [-0.4, -0.2) is 39.2 Å². The highest BCUT2D eigenvalue weighted by Gasteiger charge is 2.33. The Bertz CT molecular complexity index is 1190. The molecule has 3 aromatic rings. The first-order chi connectivity index (χ1) is 16.0. The van der Waals surface area contributed by atoms with Crippen molar-refractivity contribution in [2.24, 2.45) is 0 Å². The average Bonchev–Trinajstić information content (AvgIpc) is 3.35. The van der Waals surface area contributed by atoms with E-state index in [9.17, 15) is 9.59 Å². The maximum absolute atomic E-state index is 12.8. The van der Waals surface area contributed by atoms with Crippen LogP contribution in [0.5, 0.6) is 5.75 Å². The van der Waals surface area contributed by atoms with E-state index in [1.54, 1.807) is 12.3 Å². The van der Waals surface area contributed by atoms with E-state index in [2.05, 4.69) is 10.3 Å². The van der Waals surface area contributed by atoms with Gasteiger partial charge in [0, 0.05) is 17.5 Å². The van der Waals surface area contributed by atoms with Gasteiger partial charge in [-0.15, -0.1) is 11.3 Å². The molecule has 2 aromatic carbocycles. The van der Waals surface area contributed by atoms with Gasteiger partial charge in [0.05, 0.1) is 11.5 Å². The third-order valence-corrected chi connectivity index (χ3v) is 6.98. The number of thiazole rings is 1. The number of nitrogens with zero attached hydrogens (tertiary/aromatic N) is 2. The normalized spacial score (nSPS) is 14.7. The zero-order chi connectivity index (χ0) is 23.2. The zero-order valence-corrected chi connectivity index (χ0v) is 20.3. The number of nitrogens with one attached hydrogen (secondary N) is 1. The van der Waals surface area contributed by atoms with Crippen LogP contribution in [0.15, 0.2) is 65.7 Å². The average molecular weight is 496 g/mol. The Hall–Kier alpha value is -3.01. The first-order valence-corrected chi connectivity index (χ1v) is 12.3. The summed E-state index contributed by atoms with van der Waals surface area (Å²) in [6, 6.07) is 17.5. The molecule has 33 heavy (non-hydrogen) atoms. The molecule has 0 aliphatic carbocycles. The van der Waals surface area contributed by atoms with Crippen molar-refractivity contribution in [2.75, 3.05) is 18.5 Å². The van der Waals surface area contributed by atoms with Gasteiger partial charge in [-0.05, 0) is 36.3 Å². The van der Waals surface area contributed by atoms with Crippen LogP contribution in [-0.2, 0) is 16.0 Å². The minimum absolute atomic E-state index is 0.154. The summed E-state index contributed by atoms with van der Waals surface area (Å²) in [4.78, 5) is 32.5. The highest BCUT2D eigenvalue weighted by molar-refractivity contribution is 8.26. The molecular weight excluding hydrogens is 474 g/mol. The third kappa shape index (κ3) is 6.07. The van der Waals surface area contributed by atoms with E-state index in [0.717, 1.165) is 22.6 Å². The van der Waals surface area contributed by atoms with Crippen LogP contribution in [0.3, 0.4) is 0 Å². The topological polar surface area (TPSA) is 71.5 Å². The fourth-order valence-corrected chi connectivity index (χ4v) is 5.28. The second kappa shape index (κ2) is 10.7. The Kier molecular flexibility index (Phi) is 7.54. The summed E-state index contributed by atoms with van der Waals surface area (Å²) in [5, 5.41) is 3.27. The van der Waals surface area contributed by atoms with Gasteiger partial charge >= 0.3 is 0 Å². The van der Waals surface area contributed by atoms with Crippen molar-refractivity contribution >= 4 is 62.7 Å². The second-order valence-corrected chi connectivity index (χ2v) is 9.90. The fraction of sp³-hybridized carbons (Fsp3) is 0.167. The summed E-state index contributed by atoms with van der Waals surface area (Å²) in [7, 11) is 0. The summed E-state index contributed by atoms with van der Waals surface area (Å²) in [5.41, 5.74) is 2.04. The zero-order valence-electron chi connectivity index (χ0n) is 17.8. The van der Waals surface area contributed by atoms with Gasteiger partial charge in [0.15, 0.2) is 5.13 Å². The second-order valence-electron chi connectivity index (χ2n) is 7.11. The van der Waals surface area contributed by atoms with E-state index in [0.29, 0.717) is 21.0 Å². The van der Waals surface area contributed by atoms with Crippen molar-refractivity contribution in [1.29, 1.82) is 0 Å². The molecule has 0 atom stereocenters. The molecule has 0 radical (unpaired) electrons. The molecule has 9 heteroatoms. The van der Waals surface area contributed by atoms with Gasteiger partial charge < -0.3 is 10.1 Å². The lowest BCUT2D eigenvalue weighted by Crippen LogP contribution is -2.36. The van der Waals surface area contributed by atoms with Gasteiger partial charge in [-0.2, -0.15) is 0 Å². The van der Waals surface area contributed by atoms with Gasteiger partial charge in [0.1, 0.15) is 16.6 Å². The van der Waals surface area contributed by atoms with Gasteiger partial charge in [0.2, 0.25) is 5.91 Å².